The van der Waals surface area contributed by atoms with Gasteiger partial charge in [-0.15, -0.1) is 0 Å². The Hall–Kier alpha value is -2.08. The topological polar surface area (TPSA) is 59.0 Å². The summed E-state index contributed by atoms with van der Waals surface area (Å²) in [5, 5.41) is 12.7. The van der Waals surface area contributed by atoms with Crippen LogP contribution >= 0.6 is 11.6 Å². The second-order valence-electron chi connectivity index (χ2n) is 8.30. The normalized spacial score (nSPS) is 18.5. The molecule has 0 aliphatic carbocycles. The third-order valence-corrected chi connectivity index (χ3v) is 6.46. The first-order valence-corrected chi connectivity index (χ1v) is 11.3. The molecule has 2 aromatic carbocycles. The van der Waals surface area contributed by atoms with Crippen molar-refractivity contribution in [2.75, 3.05) is 26.8 Å². The summed E-state index contributed by atoms with van der Waals surface area (Å²) in [7, 11) is 1.68. The summed E-state index contributed by atoms with van der Waals surface area (Å²) in [5.41, 5.74) is 0.543. The molecule has 1 aliphatic heterocycles. The van der Waals surface area contributed by atoms with Gasteiger partial charge in [-0.25, -0.2) is 0 Å². The number of likely N-dealkylation sites (tertiary alicyclic amines) is 1. The van der Waals surface area contributed by atoms with Crippen LogP contribution in [0.15, 0.2) is 42.5 Å². The predicted octanol–water partition coefficient (Wildman–Crippen LogP) is 5.31. The number of hydrogen-bond donors (Lipinski definition) is 1. The minimum absolute atomic E-state index is 0.0777. The maximum Gasteiger partial charge on any atom is 0.209 e. The van der Waals surface area contributed by atoms with Gasteiger partial charge in [-0.05, 0) is 56.7 Å². The van der Waals surface area contributed by atoms with E-state index in [1.54, 1.807) is 18.1 Å². The summed E-state index contributed by atoms with van der Waals surface area (Å²) < 4.78 is 11.5. The van der Waals surface area contributed by atoms with E-state index >= 15 is 0 Å². The number of halogens is 1. The van der Waals surface area contributed by atoms with Crippen LogP contribution in [0.3, 0.4) is 0 Å². The third kappa shape index (κ3) is 5.59. The van der Waals surface area contributed by atoms with Crippen LogP contribution in [0.1, 0.15) is 43.2 Å². The molecule has 2 aromatic rings. The number of unbranched alkanes of at least 4 members (excludes halogenated alkanes) is 1. The lowest BCUT2D eigenvalue weighted by molar-refractivity contribution is -0.123. The van der Waals surface area contributed by atoms with Crippen LogP contribution in [0.5, 0.6) is 11.5 Å². The van der Waals surface area contributed by atoms with Crippen LogP contribution in [0.4, 0.5) is 0 Å². The Labute approximate surface area is 189 Å². The summed E-state index contributed by atoms with van der Waals surface area (Å²) in [6, 6.07) is 13.3. The molecule has 2 atom stereocenters. The van der Waals surface area contributed by atoms with E-state index in [0.717, 1.165) is 49.8 Å². The molecule has 1 saturated heterocycles. The summed E-state index contributed by atoms with van der Waals surface area (Å²) >= 11 is 6.40. The van der Waals surface area contributed by atoms with E-state index in [1.807, 2.05) is 43.3 Å². The molecular weight excluding hydrogens is 414 g/mol. The van der Waals surface area contributed by atoms with Crippen molar-refractivity contribution >= 4 is 18.0 Å². The Morgan fingerprint density at radius 1 is 1.23 bits per heavy atom. The standard InChI is InChI=1S/C25H32ClNO4/c1-19-9-7-12-22(26)24(19)31-23-13-4-3-11-21(23)25(29,14-5-6-16-30-2)20-10-8-15-27(17-20)18-28/h3-4,7,9,11-13,18,20,29H,5-6,8,10,14-17H2,1-2H3/t20?,25-/m0/s1. The molecule has 31 heavy (non-hydrogen) atoms. The average Bonchev–Trinajstić information content (AvgIpc) is 2.79. The van der Waals surface area contributed by atoms with Crippen molar-refractivity contribution in [3.8, 4) is 11.5 Å². The highest BCUT2D eigenvalue weighted by molar-refractivity contribution is 6.32. The molecule has 0 saturated carbocycles. The summed E-state index contributed by atoms with van der Waals surface area (Å²) in [6.45, 7) is 3.86. The van der Waals surface area contributed by atoms with E-state index in [1.165, 1.54) is 0 Å². The Morgan fingerprint density at radius 2 is 2.03 bits per heavy atom. The number of nitrogens with zero attached hydrogens (tertiary/aromatic N) is 1. The number of carbonyl (C=O) groups excluding carboxylic acids is 1. The number of aliphatic hydroxyl groups is 1. The zero-order valence-electron chi connectivity index (χ0n) is 18.4. The first-order valence-electron chi connectivity index (χ1n) is 10.9. The van der Waals surface area contributed by atoms with E-state index < -0.39 is 5.60 Å². The zero-order valence-corrected chi connectivity index (χ0v) is 19.1. The van der Waals surface area contributed by atoms with Gasteiger partial charge in [-0.2, -0.15) is 0 Å². The lowest BCUT2D eigenvalue weighted by atomic mass is 9.74. The highest BCUT2D eigenvalue weighted by atomic mass is 35.5. The van der Waals surface area contributed by atoms with Gasteiger partial charge in [-0.1, -0.05) is 41.9 Å². The van der Waals surface area contributed by atoms with Gasteiger partial charge in [0.25, 0.3) is 0 Å². The highest BCUT2D eigenvalue weighted by Crippen LogP contribution is 2.45. The van der Waals surface area contributed by atoms with E-state index in [0.29, 0.717) is 36.1 Å². The summed E-state index contributed by atoms with van der Waals surface area (Å²) in [4.78, 5) is 13.2. The van der Waals surface area contributed by atoms with Gasteiger partial charge in [0, 0.05) is 38.3 Å². The molecule has 0 aromatic heterocycles. The van der Waals surface area contributed by atoms with Gasteiger partial charge in [0.15, 0.2) is 0 Å². The number of rotatable bonds is 10. The molecule has 168 valence electrons. The molecule has 6 heteroatoms. The maximum atomic E-state index is 12.1. The fourth-order valence-electron chi connectivity index (χ4n) is 4.46. The maximum absolute atomic E-state index is 12.1. The van der Waals surface area contributed by atoms with E-state index in [2.05, 4.69) is 0 Å². The molecule has 1 heterocycles. The van der Waals surface area contributed by atoms with E-state index in [4.69, 9.17) is 21.1 Å². The largest absolute Gasteiger partial charge is 0.455 e. The number of para-hydroxylation sites is 2. The number of ether oxygens (including phenoxy) is 2. The van der Waals surface area contributed by atoms with Gasteiger partial charge in [0.2, 0.25) is 6.41 Å². The van der Waals surface area contributed by atoms with Crippen LogP contribution in [-0.4, -0.2) is 43.2 Å². The minimum Gasteiger partial charge on any atom is -0.455 e. The van der Waals surface area contributed by atoms with Crippen molar-refractivity contribution < 1.29 is 19.4 Å². The molecule has 0 spiro atoms. The molecule has 0 bridgehead atoms. The fourth-order valence-corrected chi connectivity index (χ4v) is 4.72. The van der Waals surface area contributed by atoms with Crippen molar-refractivity contribution in [2.45, 2.75) is 44.6 Å². The van der Waals surface area contributed by atoms with Crippen LogP contribution in [0.2, 0.25) is 5.02 Å². The molecular formula is C25H32ClNO4. The number of carbonyl (C=O) groups is 1. The van der Waals surface area contributed by atoms with Gasteiger partial charge in [0.05, 0.1) is 10.6 Å². The molecule has 5 nitrogen and oxygen atoms in total. The summed E-state index contributed by atoms with van der Waals surface area (Å²) in [6.07, 6.45) is 4.83. The highest BCUT2D eigenvalue weighted by Gasteiger charge is 2.42. The Morgan fingerprint density at radius 3 is 2.77 bits per heavy atom. The molecule has 1 unspecified atom stereocenters. The first kappa shape index (κ1) is 23.6. The average molecular weight is 446 g/mol. The minimum atomic E-state index is -1.12. The SMILES string of the molecule is COCCCC[C@@](O)(c1ccccc1Oc1c(C)cccc1Cl)C1CCCN(C=O)C1. The van der Waals surface area contributed by atoms with Crippen molar-refractivity contribution in [3.63, 3.8) is 0 Å². The van der Waals surface area contributed by atoms with Gasteiger partial charge in [-0.3, -0.25) is 4.79 Å². The number of hydrogen-bond acceptors (Lipinski definition) is 4. The van der Waals surface area contributed by atoms with Crippen LogP contribution < -0.4 is 4.74 Å². The number of amides is 1. The third-order valence-electron chi connectivity index (χ3n) is 6.16. The van der Waals surface area contributed by atoms with Crippen molar-refractivity contribution in [3.05, 3.63) is 58.6 Å². The number of benzene rings is 2. The van der Waals surface area contributed by atoms with E-state index in [9.17, 15) is 9.90 Å². The zero-order chi connectivity index (χ0) is 22.3. The number of piperidine rings is 1. The fraction of sp³-hybridized carbons (Fsp3) is 0.480. The predicted molar refractivity (Wildman–Crippen MR) is 123 cm³/mol. The van der Waals surface area contributed by atoms with E-state index in [-0.39, 0.29) is 5.92 Å². The van der Waals surface area contributed by atoms with Crippen molar-refractivity contribution in [2.24, 2.45) is 5.92 Å². The second kappa shape index (κ2) is 11.0. The van der Waals surface area contributed by atoms with Crippen molar-refractivity contribution in [1.82, 2.24) is 4.90 Å². The Kier molecular flexibility index (Phi) is 8.35. The molecule has 1 N–H and O–H groups in total. The monoisotopic (exact) mass is 445 g/mol. The smallest absolute Gasteiger partial charge is 0.209 e. The Balaban J connectivity index is 1.97. The van der Waals surface area contributed by atoms with Crippen LogP contribution in [-0.2, 0) is 15.1 Å². The summed E-state index contributed by atoms with van der Waals surface area (Å²) in [5.74, 6) is 1.11. The Bertz CT molecular complexity index is 854. The lowest BCUT2D eigenvalue weighted by Gasteiger charge is -2.42. The molecule has 0 radical (unpaired) electrons. The van der Waals surface area contributed by atoms with Crippen LogP contribution in [0.25, 0.3) is 0 Å². The number of aryl methyl sites for hydroxylation is 1. The molecule has 1 amide bonds. The van der Waals surface area contributed by atoms with Gasteiger partial charge >= 0.3 is 0 Å². The van der Waals surface area contributed by atoms with Gasteiger partial charge in [0.1, 0.15) is 11.5 Å². The lowest BCUT2D eigenvalue weighted by Crippen LogP contribution is -2.46. The van der Waals surface area contributed by atoms with Crippen LogP contribution in [0, 0.1) is 12.8 Å². The number of methoxy groups -OCH3 is 1. The molecule has 3 rings (SSSR count). The quantitative estimate of drug-likeness (QED) is 0.397. The van der Waals surface area contributed by atoms with Crippen molar-refractivity contribution in [1.29, 1.82) is 0 Å². The molecule has 1 aliphatic rings. The second-order valence-corrected chi connectivity index (χ2v) is 8.70. The van der Waals surface area contributed by atoms with Gasteiger partial charge < -0.3 is 19.5 Å². The molecule has 1 fully saturated rings. The first-order chi connectivity index (χ1) is 15.0.